The molecule has 0 N–H and O–H groups in total. The Morgan fingerprint density at radius 3 is 2.27 bits per heavy atom. The standard InChI is InChI=1S/C18H21NO2S/c1-15-8-10-17(11-9-15)22(20,21)19-13-12-18(2,14-19)16-6-4-3-5-7-16/h3-11H,12-14H2,1-2H3. The summed E-state index contributed by atoms with van der Waals surface area (Å²) in [5.74, 6) is 0. The minimum atomic E-state index is -3.40. The first-order valence-electron chi connectivity index (χ1n) is 7.54. The Morgan fingerprint density at radius 2 is 1.64 bits per heavy atom. The number of aryl methyl sites for hydroxylation is 1. The lowest BCUT2D eigenvalue weighted by Crippen LogP contribution is -2.32. The number of benzene rings is 2. The third-order valence-corrected chi connectivity index (χ3v) is 6.43. The zero-order chi connectivity index (χ0) is 15.8. The summed E-state index contributed by atoms with van der Waals surface area (Å²) in [6, 6.07) is 17.3. The fourth-order valence-corrected chi connectivity index (χ4v) is 4.62. The van der Waals surface area contributed by atoms with Crippen LogP contribution in [0.3, 0.4) is 0 Å². The second-order valence-electron chi connectivity index (χ2n) is 6.33. The number of sulfonamides is 1. The van der Waals surface area contributed by atoms with E-state index in [9.17, 15) is 8.42 Å². The molecule has 2 aromatic carbocycles. The number of hydrogen-bond acceptors (Lipinski definition) is 2. The number of hydrogen-bond donors (Lipinski definition) is 0. The van der Waals surface area contributed by atoms with Gasteiger partial charge in [0.25, 0.3) is 0 Å². The lowest BCUT2D eigenvalue weighted by atomic mass is 9.82. The van der Waals surface area contributed by atoms with Gasteiger partial charge in [-0.2, -0.15) is 4.31 Å². The first-order chi connectivity index (χ1) is 10.4. The molecule has 22 heavy (non-hydrogen) atoms. The Balaban J connectivity index is 1.87. The number of rotatable bonds is 3. The molecule has 2 aromatic rings. The van der Waals surface area contributed by atoms with E-state index >= 15 is 0 Å². The molecule has 0 aliphatic carbocycles. The van der Waals surface area contributed by atoms with Crippen LogP contribution in [0.1, 0.15) is 24.5 Å². The Hall–Kier alpha value is -1.65. The van der Waals surface area contributed by atoms with Gasteiger partial charge < -0.3 is 0 Å². The van der Waals surface area contributed by atoms with E-state index in [0.717, 1.165) is 12.0 Å². The number of nitrogens with zero attached hydrogens (tertiary/aromatic N) is 1. The summed E-state index contributed by atoms with van der Waals surface area (Å²) in [6.45, 7) is 5.21. The minimum absolute atomic E-state index is 0.112. The maximum Gasteiger partial charge on any atom is 0.243 e. The predicted octanol–water partition coefficient (Wildman–Crippen LogP) is 3.35. The molecule has 3 rings (SSSR count). The van der Waals surface area contributed by atoms with E-state index in [0.29, 0.717) is 18.0 Å². The van der Waals surface area contributed by atoms with E-state index in [2.05, 4.69) is 19.1 Å². The summed E-state index contributed by atoms with van der Waals surface area (Å²) >= 11 is 0. The summed E-state index contributed by atoms with van der Waals surface area (Å²) < 4.78 is 27.2. The third kappa shape index (κ3) is 2.69. The monoisotopic (exact) mass is 315 g/mol. The van der Waals surface area contributed by atoms with Gasteiger partial charge in [0, 0.05) is 18.5 Å². The van der Waals surface area contributed by atoms with Gasteiger partial charge in [0.2, 0.25) is 10.0 Å². The van der Waals surface area contributed by atoms with Gasteiger partial charge in [-0.1, -0.05) is 55.0 Å². The third-order valence-electron chi connectivity index (χ3n) is 4.57. The van der Waals surface area contributed by atoms with E-state index in [1.54, 1.807) is 16.4 Å². The normalized spacial score (nSPS) is 22.8. The molecule has 116 valence electrons. The van der Waals surface area contributed by atoms with E-state index in [-0.39, 0.29) is 5.41 Å². The molecule has 0 bridgehead atoms. The van der Waals surface area contributed by atoms with Crippen LogP contribution in [0.4, 0.5) is 0 Å². The fraction of sp³-hybridized carbons (Fsp3) is 0.333. The Labute approximate surface area is 132 Å². The lowest BCUT2D eigenvalue weighted by Gasteiger charge is -2.25. The van der Waals surface area contributed by atoms with E-state index in [4.69, 9.17) is 0 Å². The Morgan fingerprint density at radius 1 is 1.00 bits per heavy atom. The van der Waals surface area contributed by atoms with Gasteiger partial charge in [-0.3, -0.25) is 0 Å². The molecule has 1 atom stereocenters. The van der Waals surface area contributed by atoms with Crippen molar-refractivity contribution in [3.63, 3.8) is 0 Å². The molecular weight excluding hydrogens is 294 g/mol. The molecular formula is C18H21NO2S. The molecule has 3 nitrogen and oxygen atoms in total. The highest BCUT2D eigenvalue weighted by Gasteiger charge is 2.40. The van der Waals surface area contributed by atoms with Gasteiger partial charge in [-0.25, -0.2) is 8.42 Å². The molecule has 1 saturated heterocycles. The molecule has 0 spiro atoms. The van der Waals surface area contributed by atoms with Gasteiger partial charge in [-0.15, -0.1) is 0 Å². The van der Waals surface area contributed by atoms with Crippen molar-refractivity contribution in [1.29, 1.82) is 0 Å². The zero-order valence-electron chi connectivity index (χ0n) is 13.0. The lowest BCUT2D eigenvalue weighted by molar-refractivity contribution is 0.439. The molecule has 4 heteroatoms. The molecule has 1 aliphatic heterocycles. The summed E-state index contributed by atoms with van der Waals surface area (Å²) in [5.41, 5.74) is 2.16. The SMILES string of the molecule is Cc1ccc(S(=O)(=O)N2CCC(C)(c3ccccc3)C2)cc1. The van der Waals surface area contributed by atoms with Crippen LogP contribution < -0.4 is 0 Å². The maximum absolute atomic E-state index is 12.8. The highest BCUT2D eigenvalue weighted by Crippen LogP contribution is 2.36. The molecule has 0 saturated carbocycles. The Kier molecular flexibility index (Phi) is 3.83. The molecule has 0 radical (unpaired) electrons. The summed E-state index contributed by atoms with van der Waals surface area (Å²) in [5, 5.41) is 0. The fourth-order valence-electron chi connectivity index (χ4n) is 3.06. The van der Waals surface area contributed by atoms with Crippen molar-refractivity contribution in [2.24, 2.45) is 0 Å². The van der Waals surface area contributed by atoms with Crippen LogP contribution in [0.15, 0.2) is 59.5 Å². The van der Waals surface area contributed by atoms with Gasteiger partial charge in [-0.05, 0) is 31.0 Å². The topological polar surface area (TPSA) is 37.4 Å². The molecule has 1 unspecified atom stereocenters. The van der Waals surface area contributed by atoms with Gasteiger partial charge in [0.1, 0.15) is 0 Å². The van der Waals surface area contributed by atoms with Crippen LogP contribution in [0.5, 0.6) is 0 Å². The van der Waals surface area contributed by atoms with Crippen LogP contribution in [0.2, 0.25) is 0 Å². The average molecular weight is 315 g/mol. The van der Waals surface area contributed by atoms with Crippen LogP contribution in [0.25, 0.3) is 0 Å². The molecule has 0 aromatic heterocycles. The van der Waals surface area contributed by atoms with Crippen molar-refractivity contribution in [3.8, 4) is 0 Å². The molecule has 0 amide bonds. The highest BCUT2D eigenvalue weighted by atomic mass is 32.2. The first kappa shape index (κ1) is 15.3. The summed E-state index contributed by atoms with van der Waals surface area (Å²) in [6.07, 6.45) is 0.849. The minimum Gasteiger partial charge on any atom is -0.207 e. The second-order valence-corrected chi connectivity index (χ2v) is 8.27. The van der Waals surface area contributed by atoms with Crippen molar-refractivity contribution in [3.05, 3.63) is 65.7 Å². The van der Waals surface area contributed by atoms with Crippen LogP contribution >= 0.6 is 0 Å². The van der Waals surface area contributed by atoms with Crippen LogP contribution in [0, 0.1) is 6.92 Å². The second kappa shape index (κ2) is 5.52. The smallest absolute Gasteiger partial charge is 0.207 e. The van der Waals surface area contributed by atoms with Crippen molar-refractivity contribution in [1.82, 2.24) is 4.31 Å². The first-order valence-corrected chi connectivity index (χ1v) is 8.98. The van der Waals surface area contributed by atoms with Crippen molar-refractivity contribution < 1.29 is 8.42 Å². The largest absolute Gasteiger partial charge is 0.243 e. The van der Waals surface area contributed by atoms with E-state index < -0.39 is 10.0 Å². The van der Waals surface area contributed by atoms with E-state index in [1.165, 1.54) is 5.56 Å². The quantitative estimate of drug-likeness (QED) is 0.871. The van der Waals surface area contributed by atoms with Crippen molar-refractivity contribution >= 4 is 10.0 Å². The zero-order valence-corrected chi connectivity index (χ0v) is 13.8. The van der Waals surface area contributed by atoms with Crippen molar-refractivity contribution in [2.75, 3.05) is 13.1 Å². The molecule has 1 heterocycles. The summed E-state index contributed by atoms with van der Waals surface area (Å²) in [4.78, 5) is 0.385. The van der Waals surface area contributed by atoms with E-state index in [1.807, 2.05) is 37.3 Å². The van der Waals surface area contributed by atoms with Gasteiger partial charge >= 0.3 is 0 Å². The predicted molar refractivity (Wildman–Crippen MR) is 88.3 cm³/mol. The average Bonchev–Trinajstić information content (AvgIpc) is 2.93. The maximum atomic E-state index is 12.8. The highest BCUT2D eigenvalue weighted by molar-refractivity contribution is 7.89. The Bertz CT molecular complexity index is 753. The van der Waals surface area contributed by atoms with Crippen LogP contribution in [-0.2, 0) is 15.4 Å². The van der Waals surface area contributed by atoms with Crippen LogP contribution in [-0.4, -0.2) is 25.8 Å². The molecule has 1 aliphatic rings. The van der Waals surface area contributed by atoms with Crippen molar-refractivity contribution in [2.45, 2.75) is 30.6 Å². The molecule has 1 fully saturated rings. The van der Waals surface area contributed by atoms with Gasteiger partial charge in [0.05, 0.1) is 4.90 Å². The summed E-state index contributed by atoms with van der Waals surface area (Å²) in [7, 11) is -3.40. The van der Waals surface area contributed by atoms with Gasteiger partial charge in [0.15, 0.2) is 0 Å².